The van der Waals surface area contributed by atoms with Crippen LogP contribution in [0, 0.1) is 12.3 Å². The molecule has 1 aliphatic rings. The molecule has 2 heterocycles. The van der Waals surface area contributed by atoms with Crippen molar-refractivity contribution in [3.63, 3.8) is 0 Å². The van der Waals surface area contributed by atoms with Crippen LogP contribution in [0.3, 0.4) is 0 Å². The second-order valence-electron chi connectivity index (χ2n) is 7.98. The zero-order chi connectivity index (χ0) is 26.2. The van der Waals surface area contributed by atoms with Crippen LogP contribution in [0.4, 0.5) is 0 Å². The number of unbranched alkanes of at least 4 members (excludes halogenated alkanes) is 1. The number of benzene rings is 1. The van der Waals surface area contributed by atoms with Gasteiger partial charge in [-0.1, -0.05) is 11.6 Å². The van der Waals surface area contributed by atoms with Crippen molar-refractivity contribution in [2.45, 2.75) is 56.7 Å². The fourth-order valence-electron chi connectivity index (χ4n) is 3.71. The molecule has 5 atom stereocenters. The number of esters is 1. The lowest BCUT2D eigenvalue weighted by molar-refractivity contribution is -0.293. The number of hydrogen-bond acceptors (Lipinski definition) is 10. The van der Waals surface area contributed by atoms with Crippen LogP contribution >= 0.6 is 11.6 Å². The van der Waals surface area contributed by atoms with E-state index in [0.717, 1.165) is 12.1 Å². The Hall–Kier alpha value is -2.85. The third-order valence-corrected chi connectivity index (χ3v) is 5.93. The van der Waals surface area contributed by atoms with Gasteiger partial charge in [-0.3, -0.25) is 0 Å². The number of aliphatic hydroxyl groups is 3. The van der Waals surface area contributed by atoms with Crippen LogP contribution in [0.2, 0.25) is 5.02 Å². The topological polar surface area (TPSA) is 142 Å². The van der Waals surface area contributed by atoms with Crippen molar-refractivity contribution in [3.8, 4) is 23.8 Å². The average molecular weight is 525 g/mol. The van der Waals surface area contributed by atoms with Gasteiger partial charge in [0, 0.05) is 20.1 Å². The van der Waals surface area contributed by atoms with Gasteiger partial charge in [-0.15, -0.1) is 12.3 Å². The molecule has 11 nitrogen and oxygen atoms in total. The third kappa shape index (κ3) is 6.28. The minimum atomic E-state index is -1.56. The fourth-order valence-corrected chi connectivity index (χ4v) is 3.97. The fraction of sp³-hybridized carbons (Fsp3) is 0.500. The maximum atomic E-state index is 12.9. The van der Waals surface area contributed by atoms with Gasteiger partial charge in [0.1, 0.15) is 24.9 Å². The highest BCUT2D eigenvalue weighted by atomic mass is 35.5. The molecule has 1 aromatic heterocycles. The van der Waals surface area contributed by atoms with E-state index in [-0.39, 0.29) is 28.7 Å². The molecule has 1 aromatic carbocycles. The highest BCUT2D eigenvalue weighted by Crippen LogP contribution is 2.37. The number of ether oxygens (including phenoxy) is 5. The van der Waals surface area contributed by atoms with Gasteiger partial charge in [-0.25, -0.2) is 9.78 Å². The Bertz CT molecular complexity index is 1070. The first kappa shape index (κ1) is 27.7. The van der Waals surface area contributed by atoms with Gasteiger partial charge in [0.05, 0.1) is 42.5 Å². The summed E-state index contributed by atoms with van der Waals surface area (Å²) in [6.07, 6.45) is 3.37. The number of methoxy groups -OCH3 is 2. The number of terminal acetylenes is 1. The third-order valence-electron chi connectivity index (χ3n) is 5.65. The molecule has 2 aromatic rings. The minimum absolute atomic E-state index is 0.00403. The molecule has 1 fully saturated rings. The average Bonchev–Trinajstić information content (AvgIpc) is 3.33. The van der Waals surface area contributed by atoms with Gasteiger partial charge in [0.25, 0.3) is 0 Å². The number of imidazole rings is 1. The lowest BCUT2D eigenvalue weighted by atomic mass is 9.99. The minimum Gasteiger partial charge on any atom is -0.493 e. The Morgan fingerprint density at radius 3 is 2.75 bits per heavy atom. The van der Waals surface area contributed by atoms with Gasteiger partial charge < -0.3 is 43.6 Å². The predicted octanol–water partition coefficient (Wildman–Crippen LogP) is 1.15. The van der Waals surface area contributed by atoms with Crippen molar-refractivity contribution in [1.29, 1.82) is 0 Å². The monoisotopic (exact) mass is 524 g/mol. The molecule has 0 bridgehead atoms. The smallest absolute Gasteiger partial charge is 0.338 e. The maximum Gasteiger partial charge on any atom is 0.338 e. The highest BCUT2D eigenvalue weighted by molar-refractivity contribution is 6.32. The lowest BCUT2D eigenvalue weighted by Gasteiger charge is -2.40. The predicted molar refractivity (Wildman–Crippen MR) is 127 cm³/mol. The van der Waals surface area contributed by atoms with Crippen molar-refractivity contribution in [2.24, 2.45) is 0 Å². The van der Waals surface area contributed by atoms with Crippen LogP contribution in [-0.2, 0) is 27.4 Å². The molecule has 12 heteroatoms. The first-order valence-electron chi connectivity index (χ1n) is 11.1. The van der Waals surface area contributed by atoms with E-state index in [1.165, 1.54) is 26.4 Å². The SMILES string of the molecule is C#CCCCn1cncc1COc1c(Cl)cc(C(=O)O[C@H]2[C@@H](OC)O[C@H](CO)[C@@H](O)[C@@H]2O)cc1OC. The summed E-state index contributed by atoms with van der Waals surface area (Å²) >= 11 is 6.40. The first-order chi connectivity index (χ1) is 17.3. The van der Waals surface area contributed by atoms with Gasteiger partial charge in [-0.05, 0) is 18.6 Å². The van der Waals surface area contributed by atoms with Crippen LogP contribution in [0.15, 0.2) is 24.7 Å². The number of carbonyl (C=O) groups is 1. The highest BCUT2D eigenvalue weighted by Gasteiger charge is 2.47. The Morgan fingerprint density at radius 2 is 2.08 bits per heavy atom. The zero-order valence-corrected chi connectivity index (χ0v) is 20.6. The molecule has 0 amide bonds. The molecule has 196 valence electrons. The summed E-state index contributed by atoms with van der Waals surface area (Å²) in [6.45, 7) is 0.269. The number of aliphatic hydroxyl groups excluding tert-OH is 3. The number of aromatic nitrogens is 2. The summed E-state index contributed by atoms with van der Waals surface area (Å²) < 4.78 is 29.0. The zero-order valence-electron chi connectivity index (χ0n) is 19.9. The Balaban J connectivity index is 1.73. The van der Waals surface area contributed by atoms with E-state index < -0.39 is 43.3 Å². The van der Waals surface area contributed by atoms with E-state index in [2.05, 4.69) is 10.9 Å². The summed E-state index contributed by atoms with van der Waals surface area (Å²) in [4.78, 5) is 17.0. The molecule has 0 saturated carbocycles. The van der Waals surface area contributed by atoms with Gasteiger partial charge in [0.15, 0.2) is 23.9 Å². The molecule has 3 rings (SSSR count). The van der Waals surface area contributed by atoms with Crippen LogP contribution in [0.5, 0.6) is 11.5 Å². The number of hydrogen-bond donors (Lipinski definition) is 3. The van der Waals surface area contributed by atoms with Gasteiger partial charge in [-0.2, -0.15) is 0 Å². The quantitative estimate of drug-likeness (QED) is 0.222. The summed E-state index contributed by atoms with van der Waals surface area (Å²) in [5.74, 6) is 2.11. The normalized spacial score (nSPS) is 23.6. The summed E-state index contributed by atoms with van der Waals surface area (Å²) in [6, 6.07) is 2.70. The Kier molecular flexibility index (Phi) is 9.95. The van der Waals surface area contributed by atoms with Gasteiger partial charge in [0.2, 0.25) is 0 Å². The van der Waals surface area contributed by atoms with Crippen LogP contribution in [0.1, 0.15) is 28.9 Å². The van der Waals surface area contributed by atoms with Crippen molar-refractivity contribution in [1.82, 2.24) is 9.55 Å². The van der Waals surface area contributed by atoms with E-state index >= 15 is 0 Å². The number of carbonyl (C=O) groups excluding carboxylic acids is 1. The van der Waals surface area contributed by atoms with Crippen LogP contribution in [0.25, 0.3) is 0 Å². The van der Waals surface area contributed by atoms with Crippen LogP contribution < -0.4 is 9.47 Å². The number of halogens is 1. The van der Waals surface area contributed by atoms with Crippen molar-refractivity contribution in [2.75, 3.05) is 20.8 Å². The molecular weight excluding hydrogens is 496 g/mol. The van der Waals surface area contributed by atoms with Crippen molar-refractivity contribution in [3.05, 3.63) is 40.9 Å². The van der Waals surface area contributed by atoms with Gasteiger partial charge >= 0.3 is 5.97 Å². The molecule has 0 radical (unpaired) electrons. The second-order valence-corrected chi connectivity index (χ2v) is 8.38. The second kappa shape index (κ2) is 12.9. The molecule has 1 saturated heterocycles. The maximum absolute atomic E-state index is 12.9. The largest absolute Gasteiger partial charge is 0.493 e. The van der Waals surface area contributed by atoms with E-state index in [4.69, 9.17) is 41.7 Å². The molecular formula is C24H29ClN2O9. The number of nitrogens with zero attached hydrogens (tertiary/aromatic N) is 2. The Morgan fingerprint density at radius 1 is 1.31 bits per heavy atom. The van der Waals surface area contributed by atoms with Crippen molar-refractivity contribution < 1.29 is 43.8 Å². The molecule has 3 N–H and O–H groups in total. The molecule has 36 heavy (non-hydrogen) atoms. The lowest BCUT2D eigenvalue weighted by Crippen LogP contribution is -2.60. The number of rotatable bonds is 11. The molecule has 0 spiro atoms. The van der Waals surface area contributed by atoms with E-state index in [1.54, 1.807) is 12.5 Å². The van der Waals surface area contributed by atoms with E-state index in [9.17, 15) is 20.1 Å². The van der Waals surface area contributed by atoms with E-state index in [0.29, 0.717) is 13.0 Å². The molecule has 0 unspecified atom stereocenters. The standard InChI is InChI=1S/C24H29ClN2O9/c1-4-5-6-7-27-13-26-10-15(27)12-34-21-16(25)8-14(9-17(21)32-2)23(31)36-22-20(30)19(29)18(11-28)35-24(22)33-3/h1,8-10,13,18-20,22,24,28-30H,5-7,11-12H2,2-3H3/t18-,19-,20+,22-,24+/m1/s1. The summed E-state index contributed by atoms with van der Waals surface area (Å²) in [5, 5.41) is 29.9. The number of aryl methyl sites for hydroxylation is 1. The molecule has 0 aliphatic carbocycles. The Labute approximate surface area is 213 Å². The van der Waals surface area contributed by atoms with E-state index in [1.807, 2.05) is 4.57 Å². The summed E-state index contributed by atoms with van der Waals surface area (Å²) in [5.41, 5.74) is 0.801. The van der Waals surface area contributed by atoms with Crippen molar-refractivity contribution >= 4 is 17.6 Å². The summed E-state index contributed by atoms with van der Waals surface area (Å²) in [7, 11) is 2.67. The first-order valence-corrected chi connectivity index (χ1v) is 11.5. The van der Waals surface area contributed by atoms with Crippen LogP contribution in [-0.4, -0.2) is 82.4 Å². The molecule has 1 aliphatic heterocycles.